The first kappa shape index (κ1) is 27.1. The highest BCUT2D eigenvalue weighted by atomic mass is 16.4. The number of nitrogens with zero attached hydrogens (tertiary/aromatic N) is 1. The maximum atomic E-state index is 13.1. The van der Waals surface area contributed by atoms with Gasteiger partial charge in [0.2, 0.25) is 17.7 Å². The maximum Gasteiger partial charge on any atom is 0.326 e. The van der Waals surface area contributed by atoms with E-state index < -0.39 is 41.8 Å². The number of benzene rings is 1. The monoisotopic (exact) mass is 488 g/mol. The Labute approximate surface area is 201 Å². The maximum absolute atomic E-state index is 13.1. The average Bonchev–Trinajstić information content (AvgIpc) is 3.21. The molecule has 1 heterocycles. The summed E-state index contributed by atoms with van der Waals surface area (Å²) >= 11 is 0. The van der Waals surface area contributed by atoms with Crippen molar-refractivity contribution in [2.75, 3.05) is 6.54 Å². The Morgan fingerprint density at radius 1 is 1.00 bits per heavy atom. The molecule has 190 valence electrons. The topological polar surface area (TPSA) is 245 Å². The Kier molecular flexibility index (Phi) is 10.0. The number of aliphatic imine (C=N–C) groups is 1. The number of amides is 3. The van der Waals surface area contributed by atoms with Gasteiger partial charge >= 0.3 is 5.97 Å². The minimum atomic E-state index is -1.24. The first-order valence-corrected chi connectivity index (χ1v) is 11.1. The van der Waals surface area contributed by atoms with Crippen molar-refractivity contribution in [3.05, 3.63) is 36.0 Å². The summed E-state index contributed by atoms with van der Waals surface area (Å²) in [6, 6.07) is 4.00. The number of hydrogen-bond acceptors (Lipinski definition) is 6. The van der Waals surface area contributed by atoms with E-state index in [9.17, 15) is 24.3 Å². The van der Waals surface area contributed by atoms with Gasteiger partial charge in [-0.25, -0.2) is 4.79 Å². The van der Waals surface area contributed by atoms with Gasteiger partial charge in [-0.3, -0.25) is 19.4 Å². The van der Waals surface area contributed by atoms with Gasteiger partial charge in [0, 0.05) is 36.5 Å². The second-order valence-electron chi connectivity index (χ2n) is 8.08. The van der Waals surface area contributed by atoms with Crippen LogP contribution < -0.4 is 33.6 Å². The molecule has 2 rings (SSSR count). The number of hydrogen-bond donors (Lipinski definition) is 8. The molecule has 0 bridgehead atoms. The third-order valence-electron chi connectivity index (χ3n) is 5.33. The van der Waals surface area contributed by atoms with Gasteiger partial charge in [0.05, 0.1) is 6.04 Å². The number of rotatable bonds is 14. The fourth-order valence-electron chi connectivity index (χ4n) is 3.47. The number of nitrogens with one attached hydrogen (secondary N) is 3. The second-order valence-corrected chi connectivity index (χ2v) is 8.08. The molecule has 1 aromatic carbocycles. The molecule has 0 saturated carbocycles. The third-order valence-corrected chi connectivity index (χ3v) is 5.33. The first-order valence-electron chi connectivity index (χ1n) is 11.1. The normalized spacial score (nSPS) is 13.4. The van der Waals surface area contributed by atoms with Gasteiger partial charge in [-0.05, 0) is 30.9 Å². The SMILES string of the molecule is NC(=O)CCC(N)C(=O)NC(Cc1c[nH]c2ccccc12)C(=O)NC(CCCN=C(N)N)C(=O)O. The molecule has 0 aliphatic heterocycles. The fourth-order valence-corrected chi connectivity index (χ4v) is 3.47. The lowest BCUT2D eigenvalue weighted by Crippen LogP contribution is -2.55. The van der Waals surface area contributed by atoms with Crippen LogP contribution in [0, 0.1) is 0 Å². The number of H-pyrrole nitrogens is 1. The highest BCUT2D eigenvalue weighted by molar-refractivity contribution is 5.93. The molecule has 2 aromatic rings. The Morgan fingerprint density at radius 2 is 1.69 bits per heavy atom. The summed E-state index contributed by atoms with van der Waals surface area (Å²) in [6.45, 7) is 0.201. The van der Waals surface area contributed by atoms with Crippen LogP contribution >= 0.6 is 0 Å². The summed E-state index contributed by atoms with van der Waals surface area (Å²) in [5.41, 5.74) is 23.1. The van der Waals surface area contributed by atoms with Gasteiger partial charge in [-0.1, -0.05) is 18.2 Å². The van der Waals surface area contributed by atoms with E-state index in [0.717, 1.165) is 16.5 Å². The van der Waals surface area contributed by atoms with Crippen molar-refractivity contribution in [2.45, 2.75) is 50.2 Å². The van der Waals surface area contributed by atoms with Crippen molar-refractivity contribution in [3.8, 4) is 0 Å². The van der Waals surface area contributed by atoms with Crippen molar-refractivity contribution >= 4 is 40.6 Å². The number of aliphatic carboxylic acids is 1. The quantitative estimate of drug-likeness (QED) is 0.0872. The molecule has 0 spiro atoms. The van der Waals surface area contributed by atoms with Crippen molar-refractivity contribution < 1.29 is 24.3 Å². The van der Waals surface area contributed by atoms with Crippen LogP contribution in [-0.4, -0.2) is 64.4 Å². The molecule has 1 aromatic heterocycles. The van der Waals surface area contributed by atoms with E-state index in [4.69, 9.17) is 22.9 Å². The van der Waals surface area contributed by atoms with E-state index in [-0.39, 0.29) is 38.2 Å². The summed E-state index contributed by atoms with van der Waals surface area (Å²) in [7, 11) is 0. The van der Waals surface area contributed by atoms with Crippen LogP contribution in [0.4, 0.5) is 0 Å². The smallest absolute Gasteiger partial charge is 0.326 e. The largest absolute Gasteiger partial charge is 0.480 e. The predicted octanol–water partition coefficient (Wildman–Crippen LogP) is -1.59. The van der Waals surface area contributed by atoms with Gasteiger partial charge in [0.25, 0.3) is 0 Å². The number of aromatic amines is 1. The Bertz CT molecular complexity index is 1080. The van der Waals surface area contributed by atoms with Gasteiger partial charge in [0.15, 0.2) is 5.96 Å². The molecule has 3 unspecified atom stereocenters. The zero-order valence-electron chi connectivity index (χ0n) is 19.2. The molecule has 12 N–H and O–H groups in total. The van der Waals surface area contributed by atoms with Crippen LogP contribution in [0.15, 0.2) is 35.5 Å². The molecule has 3 amide bonds. The number of aromatic nitrogens is 1. The zero-order valence-corrected chi connectivity index (χ0v) is 19.2. The molecule has 0 saturated heterocycles. The molecule has 0 aliphatic rings. The molecular weight excluding hydrogens is 456 g/mol. The van der Waals surface area contributed by atoms with E-state index in [1.54, 1.807) is 6.20 Å². The molecule has 35 heavy (non-hydrogen) atoms. The molecule has 3 atom stereocenters. The van der Waals surface area contributed by atoms with E-state index >= 15 is 0 Å². The molecule has 13 heteroatoms. The van der Waals surface area contributed by atoms with Crippen LogP contribution in [0.3, 0.4) is 0 Å². The highest BCUT2D eigenvalue weighted by Gasteiger charge is 2.28. The van der Waals surface area contributed by atoms with Crippen LogP contribution in [0.1, 0.15) is 31.2 Å². The van der Waals surface area contributed by atoms with Crippen molar-refractivity contribution in [1.29, 1.82) is 0 Å². The van der Waals surface area contributed by atoms with E-state index in [2.05, 4.69) is 20.6 Å². The number of para-hydroxylation sites is 1. The molecule has 0 radical (unpaired) electrons. The second kappa shape index (κ2) is 12.9. The molecule has 13 nitrogen and oxygen atoms in total. The number of nitrogens with two attached hydrogens (primary N) is 4. The number of carboxylic acids is 1. The number of carbonyl (C=O) groups excluding carboxylic acids is 3. The van der Waals surface area contributed by atoms with Crippen molar-refractivity contribution in [2.24, 2.45) is 27.9 Å². The number of guanidine groups is 1. The van der Waals surface area contributed by atoms with Gasteiger partial charge < -0.3 is 43.7 Å². The lowest BCUT2D eigenvalue weighted by molar-refractivity contribution is -0.142. The predicted molar refractivity (Wildman–Crippen MR) is 130 cm³/mol. The number of primary amides is 1. The first-order chi connectivity index (χ1) is 16.6. The van der Waals surface area contributed by atoms with Gasteiger partial charge in [-0.2, -0.15) is 0 Å². The van der Waals surface area contributed by atoms with Crippen LogP contribution in [0.25, 0.3) is 10.9 Å². The average molecular weight is 489 g/mol. The zero-order chi connectivity index (χ0) is 26.0. The highest BCUT2D eigenvalue weighted by Crippen LogP contribution is 2.19. The van der Waals surface area contributed by atoms with E-state index in [0.29, 0.717) is 6.42 Å². The summed E-state index contributed by atoms with van der Waals surface area (Å²) in [6.07, 6.45) is 2.09. The Morgan fingerprint density at radius 3 is 2.34 bits per heavy atom. The molecular formula is C22H32N8O5. The van der Waals surface area contributed by atoms with E-state index in [1.165, 1.54) is 0 Å². The summed E-state index contributed by atoms with van der Waals surface area (Å²) in [5.74, 6) is -3.31. The third kappa shape index (κ3) is 8.62. The van der Waals surface area contributed by atoms with Crippen LogP contribution in [0.2, 0.25) is 0 Å². The van der Waals surface area contributed by atoms with Crippen LogP contribution in [0.5, 0.6) is 0 Å². The lowest BCUT2D eigenvalue weighted by atomic mass is 10.0. The molecule has 0 fully saturated rings. The van der Waals surface area contributed by atoms with Gasteiger partial charge in [0.1, 0.15) is 12.1 Å². The standard InChI is InChI=1S/C22H32N8O5/c23-14(7-8-18(24)31)19(32)30-17(10-12-11-28-15-5-2-1-4-13(12)15)20(33)29-16(21(34)35)6-3-9-27-22(25)26/h1-2,4-5,11,14,16-17,28H,3,6-10,23H2,(H2,24,31)(H,29,33)(H,30,32)(H,34,35)(H4,25,26,27). The number of carbonyl (C=O) groups is 4. The van der Waals surface area contributed by atoms with E-state index in [1.807, 2.05) is 24.3 Å². The fraction of sp³-hybridized carbons (Fsp3) is 0.409. The minimum Gasteiger partial charge on any atom is -0.480 e. The van der Waals surface area contributed by atoms with Crippen molar-refractivity contribution in [3.63, 3.8) is 0 Å². The Hall–Kier alpha value is -4.13. The van der Waals surface area contributed by atoms with Crippen molar-refractivity contribution in [1.82, 2.24) is 15.6 Å². The lowest BCUT2D eigenvalue weighted by Gasteiger charge is -2.23. The summed E-state index contributed by atoms with van der Waals surface area (Å²) < 4.78 is 0. The minimum absolute atomic E-state index is 0.00509. The van der Waals surface area contributed by atoms with Crippen LogP contribution in [-0.2, 0) is 25.6 Å². The number of carboxylic acid groups (broad SMARTS) is 1. The summed E-state index contributed by atoms with van der Waals surface area (Å²) in [4.78, 5) is 55.3. The Balaban J connectivity index is 2.18. The number of fused-ring (bicyclic) bond motifs is 1. The van der Waals surface area contributed by atoms with Gasteiger partial charge in [-0.15, -0.1) is 0 Å². The summed E-state index contributed by atoms with van der Waals surface area (Å²) in [5, 5.41) is 15.4. The molecule has 0 aliphatic carbocycles.